The molecule has 0 bridgehead atoms. The van der Waals surface area contributed by atoms with E-state index in [1.165, 1.54) is 0 Å². The van der Waals surface area contributed by atoms with Gasteiger partial charge in [0.25, 0.3) is 6.57 Å². The molecule has 0 fully saturated rings. The summed E-state index contributed by atoms with van der Waals surface area (Å²) in [5, 5.41) is 0. The Balaban J connectivity index is -0.000000125. The van der Waals surface area contributed by atoms with Gasteiger partial charge >= 0.3 is 3.92 Å². The lowest BCUT2D eigenvalue weighted by Crippen LogP contribution is -3.00. The predicted molar refractivity (Wildman–Crippen MR) is 35.8 cm³/mol. The number of hydrogen-bond acceptors (Lipinski definition) is 0. The highest BCUT2D eigenvalue weighted by molar-refractivity contribution is 6.68. The highest BCUT2D eigenvalue weighted by Gasteiger charge is 2.29. The molecule has 0 atom stereocenters. The summed E-state index contributed by atoms with van der Waals surface area (Å²) in [6.45, 7) is 4.53. The summed E-state index contributed by atoms with van der Waals surface area (Å²) < 4.78 is -1.64. The Bertz CT molecular complexity index is 77.4. The van der Waals surface area contributed by atoms with E-state index < -0.39 is 3.92 Å². The lowest BCUT2D eigenvalue weighted by atomic mass is 11.4. The summed E-state index contributed by atoms with van der Waals surface area (Å²) in [6, 6.07) is 0. The van der Waals surface area contributed by atoms with E-state index in [9.17, 15) is 0 Å². The molecule has 0 N–H and O–H groups in total. The summed E-state index contributed by atoms with van der Waals surface area (Å²) in [6.07, 6.45) is 0. The first kappa shape index (κ1) is 16.0. The van der Waals surface area contributed by atoms with E-state index in [4.69, 9.17) is 34.8 Å². The van der Waals surface area contributed by atoms with Gasteiger partial charge in [0.05, 0.1) is 0 Å². The van der Waals surface area contributed by atoms with Crippen molar-refractivity contribution < 1.29 is 12.4 Å². The van der Waals surface area contributed by atoms with Crippen LogP contribution >= 0.6 is 47.2 Å². The van der Waals surface area contributed by atoms with Crippen LogP contribution in [-0.2, 0) is 0 Å². The first-order valence-electron chi connectivity index (χ1n) is 1.05. The summed E-state index contributed by atoms with van der Waals surface area (Å²) in [7, 11) is 0. The van der Waals surface area contributed by atoms with Crippen LogP contribution in [0.4, 0.5) is 0 Å². The summed E-state index contributed by atoms with van der Waals surface area (Å²) >= 11 is 14.9. The van der Waals surface area contributed by atoms with Crippen LogP contribution in [0.5, 0.6) is 0 Å². The molecule has 6 heteroatoms. The first-order valence-corrected chi connectivity index (χ1v) is 2.18. The first-order chi connectivity index (χ1) is 2.56. The van der Waals surface area contributed by atoms with E-state index in [1.807, 2.05) is 0 Å². The molecule has 0 aromatic rings. The molecule has 0 rings (SSSR count). The van der Waals surface area contributed by atoms with Crippen molar-refractivity contribution >= 4 is 47.2 Å². The molecule has 0 aromatic heterocycles. The van der Waals surface area contributed by atoms with Crippen molar-refractivity contribution in [2.75, 3.05) is 0 Å². The molecular weight excluding hydrogens is 215 g/mol. The minimum Gasteiger partial charge on any atom is -1.00 e. The molecule has 0 amide bonds. The predicted octanol–water partition coefficient (Wildman–Crippen LogP) is -0.297. The topological polar surface area (TPSA) is 4.36 Å². The Hall–Kier alpha value is 0.940. The van der Waals surface area contributed by atoms with Crippen LogP contribution in [0.25, 0.3) is 4.85 Å². The largest absolute Gasteiger partial charge is 1.00 e. The van der Waals surface area contributed by atoms with Gasteiger partial charge in [0.2, 0.25) is 0 Å². The fraction of sp³-hybridized carbons (Fsp3) is 0.500. The van der Waals surface area contributed by atoms with Crippen LogP contribution in [-0.4, -0.2) is 3.92 Å². The van der Waals surface area contributed by atoms with Crippen molar-refractivity contribution in [3.63, 3.8) is 0 Å². The molecule has 0 aliphatic rings. The zero-order valence-electron chi connectivity index (χ0n) is 3.44. The van der Waals surface area contributed by atoms with E-state index in [-0.39, 0.29) is 24.8 Å². The third-order valence-electron chi connectivity index (χ3n) is 0.146. The van der Waals surface area contributed by atoms with Crippen LogP contribution in [0, 0.1) is 6.57 Å². The molecule has 0 saturated heterocycles. The van der Waals surface area contributed by atoms with E-state index in [0.29, 0.717) is 0 Å². The van der Waals surface area contributed by atoms with Crippen molar-refractivity contribution in [1.82, 2.24) is 0 Å². The second-order valence-corrected chi connectivity index (χ2v) is 2.82. The minimum atomic E-state index is -1.64. The van der Waals surface area contributed by atoms with Crippen molar-refractivity contribution in [2.45, 2.75) is 3.92 Å². The van der Waals surface area contributed by atoms with E-state index in [1.54, 1.807) is 0 Å². The zero-order valence-corrected chi connectivity index (χ0v) is 7.28. The Kier molecular flexibility index (Phi) is 12.1. The molecule has 0 radical (unpaired) electrons. The van der Waals surface area contributed by atoms with Gasteiger partial charge in [0.1, 0.15) is 0 Å². The standard InChI is InChI=1S/C2HCl3N.2ClH/c1-6-2(3,4)5;;/h1H;2*1H/q+1;;/p-1. The second kappa shape index (κ2) is 6.07. The summed E-state index contributed by atoms with van der Waals surface area (Å²) in [4.78, 5) is 2.82. The number of hydrogen-bond donors (Lipinski definition) is 0. The smallest absolute Gasteiger partial charge is 0.507 e. The van der Waals surface area contributed by atoms with Gasteiger partial charge < -0.3 is 12.4 Å². The lowest BCUT2D eigenvalue weighted by molar-refractivity contribution is -0.00000119. The van der Waals surface area contributed by atoms with Gasteiger partial charge in [0, 0.05) is 34.8 Å². The Morgan fingerprint density at radius 1 is 1.25 bits per heavy atom. The fourth-order valence-corrected chi connectivity index (χ4v) is 0. The van der Waals surface area contributed by atoms with Crippen LogP contribution in [0.1, 0.15) is 0 Å². The second-order valence-electron chi connectivity index (χ2n) is 0.597. The Morgan fingerprint density at radius 2 is 1.38 bits per heavy atom. The summed E-state index contributed by atoms with van der Waals surface area (Å²) in [5.74, 6) is 0. The van der Waals surface area contributed by atoms with Crippen LogP contribution in [0.3, 0.4) is 0 Å². The SMILES string of the molecule is C#[N+]C(Cl)(Cl)Cl.Cl.[Cl-]. The molecular formula is C2H2Cl5N. The van der Waals surface area contributed by atoms with Crippen molar-refractivity contribution in [3.05, 3.63) is 4.85 Å². The fourth-order valence-electron chi connectivity index (χ4n) is 0. The van der Waals surface area contributed by atoms with Crippen LogP contribution < -0.4 is 12.4 Å². The summed E-state index contributed by atoms with van der Waals surface area (Å²) in [5.41, 5.74) is 0. The monoisotopic (exact) mass is 215 g/mol. The molecule has 1 nitrogen and oxygen atoms in total. The highest BCUT2D eigenvalue weighted by Crippen LogP contribution is 2.26. The van der Waals surface area contributed by atoms with Gasteiger partial charge in [-0.2, -0.15) is 0 Å². The zero-order chi connectivity index (χ0) is 5.21. The maximum atomic E-state index is 4.96. The molecule has 0 aliphatic carbocycles. The van der Waals surface area contributed by atoms with Crippen LogP contribution in [0.2, 0.25) is 0 Å². The van der Waals surface area contributed by atoms with Crippen molar-refractivity contribution in [1.29, 1.82) is 0 Å². The van der Waals surface area contributed by atoms with Gasteiger partial charge in [-0.05, 0) is 4.85 Å². The van der Waals surface area contributed by atoms with Crippen LogP contribution in [0.15, 0.2) is 0 Å². The maximum absolute atomic E-state index is 4.96. The third kappa shape index (κ3) is 15.8. The molecule has 8 heavy (non-hydrogen) atoms. The molecule has 50 valence electrons. The van der Waals surface area contributed by atoms with Gasteiger partial charge in [-0.3, -0.25) is 0 Å². The number of alkyl halides is 3. The molecule has 0 aliphatic heterocycles. The average molecular weight is 217 g/mol. The lowest BCUT2D eigenvalue weighted by Gasteiger charge is -1.78. The quantitative estimate of drug-likeness (QED) is 0.388. The Morgan fingerprint density at radius 3 is 1.38 bits per heavy atom. The average Bonchev–Trinajstić information content (AvgIpc) is 1.35. The van der Waals surface area contributed by atoms with Gasteiger partial charge in [-0.1, -0.05) is 0 Å². The van der Waals surface area contributed by atoms with Crippen molar-refractivity contribution in [2.24, 2.45) is 0 Å². The molecule has 0 spiro atoms. The molecule has 0 heterocycles. The Labute approximate surface area is 74.9 Å². The number of nitrogens with zero attached hydrogens (tertiary/aromatic N) is 1. The van der Waals surface area contributed by atoms with Gasteiger partial charge in [-0.25, -0.2) is 0 Å². The highest BCUT2D eigenvalue weighted by atomic mass is 35.6. The molecule has 0 aromatic carbocycles. The number of halogens is 5. The number of rotatable bonds is 0. The normalized spacial score (nSPS) is 7.75. The van der Waals surface area contributed by atoms with Crippen molar-refractivity contribution in [3.8, 4) is 6.57 Å². The van der Waals surface area contributed by atoms with E-state index in [2.05, 4.69) is 11.4 Å². The maximum Gasteiger partial charge on any atom is 0.507 e. The third-order valence-corrected chi connectivity index (χ3v) is 0.439. The molecule has 0 saturated carbocycles. The van der Waals surface area contributed by atoms with E-state index >= 15 is 0 Å². The van der Waals surface area contributed by atoms with Gasteiger partial charge in [-0.15, -0.1) is 12.4 Å². The van der Waals surface area contributed by atoms with E-state index in [0.717, 1.165) is 0 Å². The minimum absolute atomic E-state index is 0. The van der Waals surface area contributed by atoms with Gasteiger partial charge in [0.15, 0.2) is 0 Å². The molecule has 0 unspecified atom stereocenters.